The number of benzene rings is 2. The number of nitriles is 1. The number of carbonyl (C=O) groups is 2. The number of amides is 2. The first-order valence-corrected chi connectivity index (χ1v) is 10.3. The molecular weight excluding hydrogens is 410 g/mol. The number of rotatable bonds is 8. The lowest BCUT2D eigenvalue weighted by Crippen LogP contribution is -2.42. The van der Waals surface area contributed by atoms with E-state index < -0.39 is 5.91 Å². The SMILES string of the molecule is CCOc1ccc(NC(=O)/C(C#N)=C\c2ccc(OCC(=O)N3CCOCC3)cc2)cc1. The van der Waals surface area contributed by atoms with E-state index in [4.69, 9.17) is 14.2 Å². The van der Waals surface area contributed by atoms with Crippen LogP contribution in [-0.4, -0.2) is 56.2 Å². The number of hydrogen-bond acceptors (Lipinski definition) is 6. The highest BCUT2D eigenvalue weighted by Crippen LogP contribution is 2.18. The number of hydrogen-bond donors (Lipinski definition) is 1. The maximum Gasteiger partial charge on any atom is 0.266 e. The van der Waals surface area contributed by atoms with Gasteiger partial charge in [0.05, 0.1) is 19.8 Å². The third-order valence-corrected chi connectivity index (χ3v) is 4.71. The molecule has 0 atom stereocenters. The maximum atomic E-state index is 12.4. The molecule has 0 bridgehead atoms. The molecule has 0 unspecified atom stereocenters. The molecule has 166 valence electrons. The van der Waals surface area contributed by atoms with Gasteiger partial charge in [0.2, 0.25) is 0 Å². The Bertz CT molecular complexity index is 988. The third kappa shape index (κ3) is 6.59. The standard InChI is InChI=1S/C24H25N3O5/c1-2-31-21-9-5-20(6-10-21)26-24(29)19(16-25)15-18-3-7-22(8-4-18)32-17-23(28)27-11-13-30-14-12-27/h3-10,15H,2,11-14,17H2,1H3,(H,26,29)/b19-15-. The van der Waals surface area contributed by atoms with Crippen LogP contribution in [0.2, 0.25) is 0 Å². The Morgan fingerprint density at radius 2 is 1.69 bits per heavy atom. The zero-order chi connectivity index (χ0) is 22.8. The molecule has 0 spiro atoms. The fourth-order valence-electron chi connectivity index (χ4n) is 3.02. The second kappa shape index (κ2) is 11.5. The predicted octanol–water partition coefficient (Wildman–Crippen LogP) is 2.87. The zero-order valence-corrected chi connectivity index (χ0v) is 17.9. The van der Waals surface area contributed by atoms with Gasteiger partial charge in [0.1, 0.15) is 23.1 Å². The normalized spacial score (nSPS) is 13.8. The number of nitrogens with one attached hydrogen (secondary N) is 1. The van der Waals surface area contributed by atoms with Crippen LogP contribution in [0.15, 0.2) is 54.1 Å². The fourth-order valence-corrected chi connectivity index (χ4v) is 3.02. The summed E-state index contributed by atoms with van der Waals surface area (Å²) < 4.78 is 16.2. The Labute approximate surface area is 187 Å². The highest BCUT2D eigenvalue weighted by molar-refractivity contribution is 6.09. The topological polar surface area (TPSA) is 101 Å². The van der Waals surface area contributed by atoms with Crippen LogP contribution in [0.3, 0.4) is 0 Å². The molecule has 2 aromatic carbocycles. The molecule has 1 aliphatic heterocycles. The van der Waals surface area contributed by atoms with Gasteiger partial charge in [0.15, 0.2) is 6.61 Å². The van der Waals surface area contributed by atoms with Gasteiger partial charge >= 0.3 is 0 Å². The van der Waals surface area contributed by atoms with Crippen molar-refractivity contribution in [1.29, 1.82) is 5.26 Å². The highest BCUT2D eigenvalue weighted by atomic mass is 16.5. The van der Waals surface area contributed by atoms with Gasteiger partial charge in [-0.3, -0.25) is 9.59 Å². The molecule has 0 radical (unpaired) electrons. The zero-order valence-electron chi connectivity index (χ0n) is 17.9. The van der Waals surface area contributed by atoms with Crippen LogP contribution in [-0.2, 0) is 14.3 Å². The van der Waals surface area contributed by atoms with Gasteiger partial charge in [-0.1, -0.05) is 12.1 Å². The van der Waals surface area contributed by atoms with Gasteiger partial charge in [0.25, 0.3) is 11.8 Å². The van der Waals surface area contributed by atoms with Gasteiger partial charge in [-0.25, -0.2) is 0 Å². The first kappa shape index (κ1) is 22.8. The number of morpholine rings is 1. The fraction of sp³-hybridized carbons (Fsp3) is 0.292. The summed E-state index contributed by atoms with van der Waals surface area (Å²) in [6.45, 7) is 4.62. The van der Waals surface area contributed by atoms with Gasteiger partial charge in [0, 0.05) is 18.8 Å². The van der Waals surface area contributed by atoms with Crippen molar-refractivity contribution in [3.8, 4) is 17.6 Å². The van der Waals surface area contributed by atoms with Crippen molar-refractivity contribution in [3.63, 3.8) is 0 Å². The first-order chi connectivity index (χ1) is 15.6. The molecule has 0 aromatic heterocycles. The molecule has 1 saturated heterocycles. The Morgan fingerprint density at radius 3 is 2.31 bits per heavy atom. The van der Waals surface area contributed by atoms with Crippen LogP contribution < -0.4 is 14.8 Å². The number of carbonyl (C=O) groups excluding carboxylic acids is 2. The van der Waals surface area contributed by atoms with E-state index in [-0.39, 0.29) is 18.1 Å². The Morgan fingerprint density at radius 1 is 1.06 bits per heavy atom. The Hall–Kier alpha value is -3.83. The van der Waals surface area contributed by atoms with Crippen molar-refractivity contribution in [2.75, 3.05) is 44.8 Å². The molecule has 1 aliphatic rings. The van der Waals surface area contributed by atoms with Crippen LogP contribution in [0.25, 0.3) is 6.08 Å². The molecule has 0 aliphatic carbocycles. The molecule has 1 heterocycles. The lowest BCUT2D eigenvalue weighted by atomic mass is 10.1. The second-order valence-electron chi connectivity index (χ2n) is 6.93. The van der Waals surface area contributed by atoms with Crippen LogP contribution in [0.1, 0.15) is 12.5 Å². The molecule has 0 saturated carbocycles. The largest absolute Gasteiger partial charge is 0.494 e. The van der Waals surface area contributed by atoms with E-state index in [9.17, 15) is 14.9 Å². The van der Waals surface area contributed by atoms with Crippen molar-refractivity contribution in [2.24, 2.45) is 0 Å². The lowest BCUT2D eigenvalue weighted by molar-refractivity contribution is -0.137. The summed E-state index contributed by atoms with van der Waals surface area (Å²) in [6.07, 6.45) is 1.49. The summed E-state index contributed by atoms with van der Waals surface area (Å²) in [5.74, 6) is 0.639. The van der Waals surface area contributed by atoms with Crippen LogP contribution in [0.5, 0.6) is 11.5 Å². The quantitative estimate of drug-likeness (QED) is 0.505. The van der Waals surface area contributed by atoms with Gasteiger partial charge < -0.3 is 24.4 Å². The lowest BCUT2D eigenvalue weighted by Gasteiger charge is -2.26. The first-order valence-electron chi connectivity index (χ1n) is 10.3. The summed E-state index contributed by atoms with van der Waals surface area (Å²) >= 11 is 0. The molecule has 8 nitrogen and oxygen atoms in total. The van der Waals surface area contributed by atoms with Gasteiger partial charge in [-0.2, -0.15) is 5.26 Å². The van der Waals surface area contributed by atoms with E-state index in [1.807, 2.05) is 13.0 Å². The van der Waals surface area contributed by atoms with Crippen LogP contribution in [0.4, 0.5) is 5.69 Å². The minimum Gasteiger partial charge on any atom is -0.494 e. The summed E-state index contributed by atoms with van der Waals surface area (Å²) in [6, 6.07) is 15.7. The second-order valence-corrected chi connectivity index (χ2v) is 6.93. The van der Waals surface area contributed by atoms with E-state index in [1.54, 1.807) is 53.4 Å². The van der Waals surface area contributed by atoms with E-state index in [0.29, 0.717) is 55.7 Å². The van der Waals surface area contributed by atoms with Crippen LogP contribution in [0, 0.1) is 11.3 Å². The minimum absolute atomic E-state index is 0.0324. The van der Waals surface area contributed by atoms with Crippen molar-refractivity contribution in [2.45, 2.75) is 6.92 Å². The smallest absolute Gasteiger partial charge is 0.266 e. The monoisotopic (exact) mass is 435 g/mol. The molecule has 2 aromatic rings. The predicted molar refractivity (Wildman–Crippen MR) is 119 cm³/mol. The summed E-state index contributed by atoms with van der Waals surface area (Å²) in [7, 11) is 0. The van der Waals surface area contributed by atoms with Crippen molar-refractivity contribution in [3.05, 3.63) is 59.7 Å². The summed E-state index contributed by atoms with van der Waals surface area (Å²) in [4.78, 5) is 26.3. The number of anilines is 1. The maximum absolute atomic E-state index is 12.4. The molecule has 1 fully saturated rings. The van der Waals surface area contributed by atoms with Gasteiger partial charge in [-0.05, 0) is 55.0 Å². The molecule has 2 amide bonds. The Kier molecular flexibility index (Phi) is 8.23. The Balaban J connectivity index is 1.56. The third-order valence-electron chi connectivity index (χ3n) is 4.71. The minimum atomic E-state index is -0.506. The molecule has 3 rings (SSSR count). The van der Waals surface area contributed by atoms with Crippen molar-refractivity contribution in [1.82, 2.24) is 4.90 Å². The molecule has 32 heavy (non-hydrogen) atoms. The molecule has 1 N–H and O–H groups in total. The van der Waals surface area contributed by atoms with E-state index >= 15 is 0 Å². The van der Waals surface area contributed by atoms with E-state index in [1.165, 1.54) is 6.08 Å². The number of ether oxygens (including phenoxy) is 3. The summed E-state index contributed by atoms with van der Waals surface area (Å²) in [5.41, 5.74) is 1.19. The average molecular weight is 435 g/mol. The highest BCUT2D eigenvalue weighted by Gasteiger charge is 2.17. The van der Waals surface area contributed by atoms with Crippen molar-refractivity contribution < 1.29 is 23.8 Å². The van der Waals surface area contributed by atoms with Crippen molar-refractivity contribution >= 4 is 23.6 Å². The van der Waals surface area contributed by atoms with Gasteiger partial charge in [-0.15, -0.1) is 0 Å². The van der Waals surface area contributed by atoms with Crippen LogP contribution >= 0.6 is 0 Å². The van der Waals surface area contributed by atoms with E-state index in [0.717, 1.165) is 0 Å². The van der Waals surface area contributed by atoms with E-state index in [2.05, 4.69) is 5.32 Å². The summed E-state index contributed by atoms with van der Waals surface area (Å²) in [5, 5.41) is 12.1. The molecular formula is C24H25N3O5. The number of nitrogens with zero attached hydrogens (tertiary/aromatic N) is 2. The average Bonchev–Trinajstić information content (AvgIpc) is 2.83. The molecule has 8 heteroatoms.